The number of carbonyl (C=O) groups is 1. The monoisotopic (exact) mass is 433 g/mol. The molecule has 0 bridgehead atoms. The molecular formula is C19H17F2N5O3S. The van der Waals surface area contributed by atoms with E-state index in [9.17, 15) is 23.2 Å². The first-order valence-corrected chi connectivity index (χ1v) is 10.1. The fraction of sp³-hybridized carbons (Fsp3) is 0.263. The van der Waals surface area contributed by atoms with Crippen molar-refractivity contribution in [3.63, 3.8) is 0 Å². The molecule has 3 heterocycles. The number of hydrogen-bond donors (Lipinski definition) is 1. The van der Waals surface area contributed by atoms with Crippen molar-refractivity contribution < 1.29 is 13.6 Å². The number of unbranched alkanes of at least 4 members (excludes halogenated alkanes) is 1. The Morgan fingerprint density at radius 1 is 1.20 bits per heavy atom. The van der Waals surface area contributed by atoms with Crippen LogP contribution in [0.5, 0.6) is 0 Å². The molecule has 156 valence electrons. The van der Waals surface area contributed by atoms with Crippen LogP contribution in [-0.4, -0.2) is 24.7 Å². The zero-order valence-corrected chi connectivity index (χ0v) is 16.7. The number of nitrogens with one attached hydrogen (secondary N) is 1. The quantitative estimate of drug-likeness (QED) is 0.506. The maximum atomic E-state index is 13.3. The molecule has 0 aliphatic heterocycles. The summed E-state index contributed by atoms with van der Waals surface area (Å²) in [7, 11) is 0. The lowest BCUT2D eigenvalue weighted by atomic mass is 10.3. The summed E-state index contributed by atoms with van der Waals surface area (Å²) < 4.78 is 30.5. The first-order chi connectivity index (χ1) is 14.4. The number of carbonyl (C=O) groups excluding carboxylic acids is 1. The van der Waals surface area contributed by atoms with E-state index >= 15 is 0 Å². The Labute approximate surface area is 172 Å². The van der Waals surface area contributed by atoms with Crippen LogP contribution in [0.2, 0.25) is 0 Å². The van der Waals surface area contributed by atoms with Crippen molar-refractivity contribution in [3.05, 3.63) is 62.1 Å². The van der Waals surface area contributed by atoms with Gasteiger partial charge in [-0.2, -0.15) is 0 Å². The molecule has 3 aromatic heterocycles. The first-order valence-electron chi connectivity index (χ1n) is 9.25. The summed E-state index contributed by atoms with van der Waals surface area (Å²) in [4.78, 5) is 38.1. The number of rotatable bonds is 6. The summed E-state index contributed by atoms with van der Waals surface area (Å²) >= 11 is 1.24. The van der Waals surface area contributed by atoms with Crippen LogP contribution < -0.4 is 16.6 Å². The number of benzene rings is 1. The number of anilines is 1. The molecule has 4 aromatic rings. The lowest BCUT2D eigenvalue weighted by Crippen LogP contribution is -2.29. The molecule has 0 atom stereocenters. The van der Waals surface area contributed by atoms with Crippen molar-refractivity contribution in [1.82, 2.24) is 18.7 Å². The normalized spacial score (nSPS) is 11.4. The maximum absolute atomic E-state index is 13.3. The van der Waals surface area contributed by atoms with Gasteiger partial charge in [-0.1, -0.05) is 13.3 Å². The smallest absolute Gasteiger partial charge is 0.324 e. The SMILES string of the molecule is CCCCn1c(=O)c2sccc2n2c(=O)n(CC(=O)Nc3ccc(F)c(F)c3)nc12. The Morgan fingerprint density at radius 2 is 2.00 bits per heavy atom. The highest BCUT2D eigenvalue weighted by atomic mass is 32.1. The molecule has 0 aliphatic rings. The summed E-state index contributed by atoms with van der Waals surface area (Å²) in [6.07, 6.45) is 1.58. The highest BCUT2D eigenvalue weighted by Gasteiger charge is 2.19. The molecular weight excluding hydrogens is 416 g/mol. The van der Waals surface area contributed by atoms with Crippen LogP contribution in [0.4, 0.5) is 14.5 Å². The zero-order chi connectivity index (χ0) is 21.4. The average molecular weight is 433 g/mol. The van der Waals surface area contributed by atoms with Crippen molar-refractivity contribution in [1.29, 1.82) is 0 Å². The van der Waals surface area contributed by atoms with E-state index < -0.39 is 29.8 Å². The minimum absolute atomic E-state index is 0.0517. The molecule has 8 nitrogen and oxygen atoms in total. The predicted molar refractivity (Wildman–Crippen MR) is 109 cm³/mol. The number of thiophene rings is 1. The van der Waals surface area contributed by atoms with Crippen molar-refractivity contribution in [2.45, 2.75) is 32.9 Å². The lowest BCUT2D eigenvalue weighted by molar-refractivity contribution is -0.117. The summed E-state index contributed by atoms with van der Waals surface area (Å²) in [6.45, 7) is 1.93. The Kier molecular flexibility index (Phi) is 5.20. The number of nitrogens with zero attached hydrogens (tertiary/aromatic N) is 4. The zero-order valence-electron chi connectivity index (χ0n) is 15.9. The fourth-order valence-corrected chi connectivity index (χ4v) is 3.99. The topological polar surface area (TPSA) is 90.4 Å². The number of aryl methyl sites for hydroxylation is 1. The minimum Gasteiger partial charge on any atom is -0.324 e. The molecule has 0 saturated heterocycles. The van der Waals surface area contributed by atoms with Gasteiger partial charge in [-0.15, -0.1) is 16.4 Å². The van der Waals surface area contributed by atoms with Gasteiger partial charge in [0.2, 0.25) is 11.7 Å². The third-order valence-electron chi connectivity index (χ3n) is 4.62. The standard InChI is InChI=1S/C19H17F2N5O3S/c1-2-3-7-24-17(28)16-14(6-8-30-16)26-18(24)23-25(19(26)29)10-15(27)22-11-4-5-12(20)13(21)9-11/h4-6,8-9H,2-3,7,10H2,1H3,(H,22,27). The number of hydrogen-bond acceptors (Lipinski definition) is 5. The van der Waals surface area contributed by atoms with E-state index in [0.717, 1.165) is 29.7 Å². The predicted octanol–water partition coefficient (Wildman–Crippen LogP) is 2.59. The van der Waals surface area contributed by atoms with E-state index in [4.69, 9.17) is 0 Å². The van der Waals surface area contributed by atoms with Crippen LogP contribution in [0, 0.1) is 11.6 Å². The van der Waals surface area contributed by atoms with Crippen LogP contribution in [0.1, 0.15) is 19.8 Å². The van der Waals surface area contributed by atoms with Gasteiger partial charge in [-0.25, -0.2) is 22.7 Å². The minimum atomic E-state index is -1.10. The molecule has 0 saturated carbocycles. The molecule has 30 heavy (non-hydrogen) atoms. The molecule has 0 spiro atoms. The van der Waals surface area contributed by atoms with E-state index in [1.807, 2.05) is 6.92 Å². The van der Waals surface area contributed by atoms with E-state index in [2.05, 4.69) is 10.4 Å². The molecule has 0 radical (unpaired) electrons. The third-order valence-corrected chi connectivity index (χ3v) is 5.51. The molecule has 0 fully saturated rings. The van der Waals surface area contributed by atoms with Crippen LogP contribution in [0.3, 0.4) is 0 Å². The Bertz CT molecular complexity index is 1380. The summed E-state index contributed by atoms with van der Waals surface area (Å²) in [5, 5.41) is 8.33. The second kappa shape index (κ2) is 7.82. The Morgan fingerprint density at radius 3 is 2.73 bits per heavy atom. The van der Waals surface area contributed by atoms with Crippen LogP contribution >= 0.6 is 11.3 Å². The number of aromatic nitrogens is 4. The van der Waals surface area contributed by atoms with Gasteiger partial charge in [-0.3, -0.25) is 14.2 Å². The second-order valence-corrected chi connectivity index (χ2v) is 7.61. The van der Waals surface area contributed by atoms with Crippen molar-refractivity contribution in [2.75, 3.05) is 5.32 Å². The van der Waals surface area contributed by atoms with Gasteiger partial charge in [0.15, 0.2) is 11.6 Å². The summed E-state index contributed by atoms with van der Waals surface area (Å²) in [5.41, 5.74) is -0.316. The van der Waals surface area contributed by atoms with Gasteiger partial charge in [0.05, 0.1) is 5.52 Å². The molecule has 1 aromatic carbocycles. The van der Waals surface area contributed by atoms with Gasteiger partial charge in [-0.05, 0) is 30.0 Å². The first kappa shape index (κ1) is 20.0. The van der Waals surface area contributed by atoms with Crippen LogP contribution in [0.15, 0.2) is 39.2 Å². The fourth-order valence-electron chi connectivity index (χ4n) is 3.17. The summed E-state index contributed by atoms with van der Waals surface area (Å²) in [5.74, 6) is -2.62. The molecule has 1 amide bonds. The molecule has 1 N–H and O–H groups in total. The molecule has 11 heteroatoms. The van der Waals surface area contributed by atoms with E-state index in [1.165, 1.54) is 26.4 Å². The van der Waals surface area contributed by atoms with Gasteiger partial charge >= 0.3 is 5.69 Å². The van der Waals surface area contributed by atoms with Crippen molar-refractivity contribution in [2.24, 2.45) is 0 Å². The highest BCUT2D eigenvalue weighted by Crippen LogP contribution is 2.17. The highest BCUT2D eigenvalue weighted by molar-refractivity contribution is 7.17. The van der Waals surface area contributed by atoms with Gasteiger partial charge in [0.25, 0.3) is 5.56 Å². The van der Waals surface area contributed by atoms with Crippen molar-refractivity contribution >= 4 is 38.9 Å². The Balaban J connectivity index is 1.73. The largest absolute Gasteiger partial charge is 0.352 e. The van der Waals surface area contributed by atoms with Gasteiger partial charge < -0.3 is 5.32 Å². The maximum Gasteiger partial charge on any atom is 0.352 e. The number of amides is 1. The van der Waals surface area contributed by atoms with E-state index in [1.54, 1.807) is 11.4 Å². The number of fused-ring (bicyclic) bond motifs is 3. The van der Waals surface area contributed by atoms with Gasteiger partial charge in [0.1, 0.15) is 11.2 Å². The molecule has 4 rings (SSSR count). The second-order valence-electron chi connectivity index (χ2n) is 6.70. The Hall–Kier alpha value is -3.34. The molecule has 0 unspecified atom stereocenters. The van der Waals surface area contributed by atoms with E-state index in [-0.39, 0.29) is 17.0 Å². The molecule has 0 aliphatic carbocycles. The number of halogens is 2. The van der Waals surface area contributed by atoms with Crippen LogP contribution in [-0.2, 0) is 17.9 Å². The lowest BCUT2D eigenvalue weighted by Gasteiger charge is -2.06. The van der Waals surface area contributed by atoms with Crippen LogP contribution in [0.25, 0.3) is 16.0 Å². The van der Waals surface area contributed by atoms with Crippen molar-refractivity contribution in [3.8, 4) is 0 Å². The summed E-state index contributed by atoms with van der Waals surface area (Å²) in [6, 6.07) is 4.60. The average Bonchev–Trinajstić information content (AvgIpc) is 3.30. The van der Waals surface area contributed by atoms with Gasteiger partial charge in [0, 0.05) is 18.3 Å². The third kappa shape index (κ3) is 3.41. The van der Waals surface area contributed by atoms with E-state index in [0.29, 0.717) is 16.8 Å².